The minimum absolute atomic E-state index is 0.0746. The van der Waals surface area contributed by atoms with E-state index in [4.69, 9.17) is 4.52 Å². The second-order valence-corrected chi connectivity index (χ2v) is 7.73. The molecule has 7 heteroatoms. The minimum Gasteiger partial charge on any atom is -0.361 e. The van der Waals surface area contributed by atoms with Crippen molar-refractivity contribution in [2.24, 2.45) is 17.8 Å². The SMILES string of the molecule is CCn1ccnc1CN(C)CC1[C@H]2CN(C(=O)c3c(C)noc3C)C[C@@H]12. The Balaban J connectivity index is 1.30. The molecule has 1 amide bonds. The van der Waals surface area contributed by atoms with Crippen LogP contribution in [0.2, 0.25) is 0 Å². The normalized spacial score (nSPS) is 24.3. The number of amides is 1. The quantitative estimate of drug-likeness (QED) is 0.791. The van der Waals surface area contributed by atoms with Crippen LogP contribution in [-0.4, -0.2) is 57.1 Å². The van der Waals surface area contributed by atoms with Gasteiger partial charge in [0.2, 0.25) is 0 Å². The topological polar surface area (TPSA) is 67.4 Å². The molecule has 0 aromatic carbocycles. The van der Waals surface area contributed by atoms with Crippen molar-refractivity contribution in [3.05, 3.63) is 35.2 Å². The molecule has 0 radical (unpaired) electrons. The molecule has 3 atom stereocenters. The fourth-order valence-electron chi connectivity index (χ4n) is 4.48. The Morgan fingerprint density at radius 3 is 2.69 bits per heavy atom. The monoisotopic (exact) mass is 357 g/mol. The van der Waals surface area contributed by atoms with Crippen LogP contribution in [0.1, 0.15) is 34.6 Å². The Bertz CT molecular complexity index is 779. The fourth-order valence-corrected chi connectivity index (χ4v) is 4.48. The maximum Gasteiger partial charge on any atom is 0.259 e. The number of carbonyl (C=O) groups excluding carboxylic acids is 1. The van der Waals surface area contributed by atoms with Crippen molar-refractivity contribution < 1.29 is 9.32 Å². The van der Waals surface area contributed by atoms with Crippen LogP contribution in [0.4, 0.5) is 0 Å². The van der Waals surface area contributed by atoms with E-state index in [1.807, 2.05) is 31.1 Å². The Hall–Kier alpha value is -2.15. The molecule has 3 heterocycles. The molecule has 4 rings (SSSR count). The van der Waals surface area contributed by atoms with Crippen molar-refractivity contribution in [3.63, 3.8) is 0 Å². The third kappa shape index (κ3) is 2.94. The van der Waals surface area contributed by atoms with Crippen molar-refractivity contribution in [2.45, 2.75) is 33.9 Å². The minimum atomic E-state index is 0.0746. The molecule has 1 unspecified atom stereocenters. The molecule has 140 valence electrons. The molecular weight excluding hydrogens is 330 g/mol. The van der Waals surface area contributed by atoms with Crippen molar-refractivity contribution >= 4 is 5.91 Å². The number of aromatic nitrogens is 3. The van der Waals surface area contributed by atoms with E-state index in [-0.39, 0.29) is 5.91 Å². The van der Waals surface area contributed by atoms with Crippen LogP contribution < -0.4 is 0 Å². The Kier molecular flexibility index (Phi) is 4.34. The first kappa shape index (κ1) is 17.3. The fraction of sp³-hybridized carbons (Fsp3) is 0.632. The summed E-state index contributed by atoms with van der Waals surface area (Å²) in [4.78, 5) is 21.5. The van der Waals surface area contributed by atoms with Gasteiger partial charge in [-0.2, -0.15) is 0 Å². The Labute approximate surface area is 154 Å². The number of nitrogens with zero attached hydrogens (tertiary/aromatic N) is 5. The average Bonchev–Trinajstić information content (AvgIpc) is 3.04. The van der Waals surface area contributed by atoms with Gasteiger partial charge in [-0.25, -0.2) is 4.98 Å². The smallest absolute Gasteiger partial charge is 0.259 e. The number of fused-ring (bicyclic) bond motifs is 1. The summed E-state index contributed by atoms with van der Waals surface area (Å²) < 4.78 is 7.33. The van der Waals surface area contributed by atoms with E-state index in [0.29, 0.717) is 34.8 Å². The molecule has 1 saturated heterocycles. The lowest BCUT2D eigenvalue weighted by atomic mass is 10.1. The molecule has 0 bridgehead atoms. The summed E-state index contributed by atoms with van der Waals surface area (Å²) in [5.74, 6) is 3.77. The van der Waals surface area contributed by atoms with Gasteiger partial charge in [-0.05, 0) is 45.6 Å². The molecule has 2 aromatic rings. The predicted molar refractivity (Wildman–Crippen MR) is 96.6 cm³/mol. The van der Waals surface area contributed by atoms with E-state index in [1.54, 1.807) is 0 Å². The zero-order chi connectivity index (χ0) is 18.4. The van der Waals surface area contributed by atoms with E-state index in [1.165, 1.54) is 0 Å². The van der Waals surface area contributed by atoms with Crippen molar-refractivity contribution in [1.29, 1.82) is 0 Å². The van der Waals surface area contributed by atoms with Crippen LogP contribution in [0.25, 0.3) is 0 Å². The summed E-state index contributed by atoms with van der Waals surface area (Å²) in [6.45, 7) is 10.4. The van der Waals surface area contributed by atoms with Gasteiger partial charge in [0.1, 0.15) is 17.1 Å². The number of imidazole rings is 1. The molecule has 1 aliphatic heterocycles. The Morgan fingerprint density at radius 1 is 1.35 bits per heavy atom. The van der Waals surface area contributed by atoms with Gasteiger partial charge in [-0.3, -0.25) is 9.69 Å². The van der Waals surface area contributed by atoms with Gasteiger partial charge in [-0.15, -0.1) is 0 Å². The molecule has 2 aromatic heterocycles. The summed E-state index contributed by atoms with van der Waals surface area (Å²) >= 11 is 0. The summed E-state index contributed by atoms with van der Waals surface area (Å²) in [7, 11) is 2.16. The maximum atomic E-state index is 12.7. The number of piperidine rings is 1. The molecule has 2 aliphatic rings. The third-order valence-corrected chi connectivity index (χ3v) is 5.98. The summed E-state index contributed by atoms with van der Waals surface area (Å²) in [5.41, 5.74) is 1.34. The molecule has 0 spiro atoms. The third-order valence-electron chi connectivity index (χ3n) is 5.98. The van der Waals surface area contributed by atoms with Gasteiger partial charge in [-0.1, -0.05) is 5.16 Å². The highest BCUT2D eigenvalue weighted by Gasteiger charge is 2.56. The lowest BCUT2D eigenvalue weighted by Crippen LogP contribution is -2.34. The molecule has 1 aliphatic carbocycles. The first-order chi connectivity index (χ1) is 12.5. The maximum absolute atomic E-state index is 12.7. The molecule has 0 N–H and O–H groups in total. The lowest BCUT2D eigenvalue weighted by molar-refractivity contribution is 0.0762. The predicted octanol–water partition coefficient (Wildman–Crippen LogP) is 1.96. The van der Waals surface area contributed by atoms with E-state index >= 15 is 0 Å². The summed E-state index contributed by atoms with van der Waals surface area (Å²) in [5, 5.41) is 3.91. The number of likely N-dealkylation sites (tertiary alicyclic amines) is 1. The zero-order valence-corrected chi connectivity index (χ0v) is 16.0. The van der Waals surface area contributed by atoms with Gasteiger partial charge in [0.15, 0.2) is 0 Å². The highest BCUT2D eigenvalue weighted by molar-refractivity contribution is 5.96. The second-order valence-electron chi connectivity index (χ2n) is 7.73. The van der Waals surface area contributed by atoms with Crippen molar-refractivity contribution in [2.75, 3.05) is 26.7 Å². The molecule has 26 heavy (non-hydrogen) atoms. The van der Waals surface area contributed by atoms with E-state index in [2.05, 4.69) is 33.6 Å². The highest BCUT2D eigenvalue weighted by Crippen LogP contribution is 2.52. The lowest BCUT2D eigenvalue weighted by Gasteiger charge is -2.22. The van der Waals surface area contributed by atoms with Gasteiger partial charge in [0, 0.05) is 38.6 Å². The van der Waals surface area contributed by atoms with E-state index in [9.17, 15) is 4.79 Å². The number of aryl methyl sites for hydroxylation is 3. The summed E-state index contributed by atoms with van der Waals surface area (Å²) in [6, 6.07) is 0. The first-order valence-corrected chi connectivity index (χ1v) is 9.40. The molecule has 7 nitrogen and oxygen atoms in total. The summed E-state index contributed by atoms with van der Waals surface area (Å²) in [6.07, 6.45) is 3.91. The van der Waals surface area contributed by atoms with Crippen LogP contribution in [0, 0.1) is 31.6 Å². The average molecular weight is 357 g/mol. The van der Waals surface area contributed by atoms with E-state index < -0.39 is 0 Å². The molecular formula is C19H27N5O2. The van der Waals surface area contributed by atoms with Crippen LogP contribution in [0.15, 0.2) is 16.9 Å². The van der Waals surface area contributed by atoms with Gasteiger partial charge < -0.3 is 14.0 Å². The zero-order valence-electron chi connectivity index (χ0n) is 16.0. The van der Waals surface area contributed by atoms with Crippen LogP contribution in [0.3, 0.4) is 0 Å². The second kappa shape index (κ2) is 6.54. The largest absolute Gasteiger partial charge is 0.361 e. The van der Waals surface area contributed by atoms with E-state index in [0.717, 1.165) is 38.5 Å². The molecule has 1 saturated carbocycles. The molecule has 2 fully saturated rings. The Morgan fingerprint density at radius 2 is 2.08 bits per heavy atom. The van der Waals surface area contributed by atoms with Crippen LogP contribution in [0.5, 0.6) is 0 Å². The highest BCUT2D eigenvalue weighted by atomic mass is 16.5. The van der Waals surface area contributed by atoms with Crippen LogP contribution >= 0.6 is 0 Å². The number of hydrogen-bond acceptors (Lipinski definition) is 5. The number of hydrogen-bond donors (Lipinski definition) is 0. The first-order valence-electron chi connectivity index (χ1n) is 9.40. The van der Waals surface area contributed by atoms with Crippen LogP contribution in [-0.2, 0) is 13.1 Å². The number of carbonyl (C=O) groups is 1. The van der Waals surface area contributed by atoms with Gasteiger partial charge in [0.25, 0.3) is 5.91 Å². The standard InChI is InChI=1S/C19H27N5O2/c1-5-23-7-6-20-17(23)11-22(4)8-14-15-9-24(10-16(14)15)19(25)18-12(2)21-26-13(18)3/h6-7,14-16H,5,8-11H2,1-4H3/t14?,15-,16+. The van der Waals surface area contributed by atoms with Crippen molar-refractivity contribution in [3.8, 4) is 0 Å². The number of rotatable bonds is 6. The van der Waals surface area contributed by atoms with Crippen molar-refractivity contribution in [1.82, 2.24) is 24.5 Å². The van der Waals surface area contributed by atoms with Gasteiger partial charge >= 0.3 is 0 Å². The van der Waals surface area contributed by atoms with Gasteiger partial charge in [0.05, 0.1) is 12.2 Å².